The third kappa shape index (κ3) is 26.3. The van der Waals surface area contributed by atoms with Gasteiger partial charge in [-0.3, -0.25) is 0 Å². The van der Waals surface area contributed by atoms with E-state index in [1.165, 1.54) is 51.4 Å². The topological polar surface area (TPSA) is 57.5 Å². The van der Waals surface area contributed by atoms with Crippen LogP contribution in [-0.2, 0) is 4.79 Å². The Balaban J connectivity index is 3.40. The predicted octanol–water partition coefficient (Wildman–Crippen LogP) is 8.86. The van der Waals surface area contributed by atoms with Gasteiger partial charge in [0.25, 0.3) is 0 Å². The van der Waals surface area contributed by atoms with Crippen LogP contribution in [0.2, 0.25) is 0 Å². The maximum atomic E-state index is 10.5. The standard InChI is InChI=1S/C30H50O3/c1-2-3-4-5-6-7-8-9-10-11-12-13-14-15-16-17-18-19-20-21-22-23-24-25-26-27-28-29(31)30(32)33/h6-7,9-10,12-13,15-16,18-19,29,31H,2-5,8,11,14,17,20-28H2,1H3,(H,32,33)/b7-6-,10-9-,13-12-,16-15-,19-18-. The van der Waals surface area contributed by atoms with Gasteiger partial charge in [-0.25, -0.2) is 4.79 Å². The molecule has 0 aliphatic rings. The normalized spacial score (nSPS) is 13.5. The fourth-order valence-corrected chi connectivity index (χ4v) is 3.44. The van der Waals surface area contributed by atoms with Gasteiger partial charge in [0.1, 0.15) is 0 Å². The highest BCUT2D eigenvalue weighted by Gasteiger charge is 2.11. The lowest BCUT2D eigenvalue weighted by molar-refractivity contribution is -0.146. The molecule has 0 amide bonds. The van der Waals surface area contributed by atoms with Crippen LogP contribution in [0.25, 0.3) is 0 Å². The highest BCUT2D eigenvalue weighted by Crippen LogP contribution is 2.11. The van der Waals surface area contributed by atoms with E-state index in [0.29, 0.717) is 6.42 Å². The van der Waals surface area contributed by atoms with Crippen LogP contribution in [-0.4, -0.2) is 22.3 Å². The van der Waals surface area contributed by atoms with Crippen molar-refractivity contribution in [2.45, 2.75) is 122 Å². The van der Waals surface area contributed by atoms with Crippen molar-refractivity contribution in [3.8, 4) is 0 Å². The molecule has 3 nitrogen and oxygen atoms in total. The number of carboxylic acids is 1. The Morgan fingerprint density at radius 2 is 0.939 bits per heavy atom. The molecule has 0 aliphatic heterocycles. The molecule has 2 N–H and O–H groups in total. The van der Waals surface area contributed by atoms with E-state index in [2.05, 4.69) is 67.7 Å². The van der Waals surface area contributed by atoms with Crippen molar-refractivity contribution in [3.63, 3.8) is 0 Å². The first kappa shape index (κ1) is 31.1. The second-order valence-corrected chi connectivity index (χ2v) is 8.70. The number of rotatable bonds is 23. The number of unbranched alkanes of at least 4 members (excludes halogenated alkanes) is 10. The van der Waals surface area contributed by atoms with E-state index >= 15 is 0 Å². The summed E-state index contributed by atoms with van der Waals surface area (Å²) in [5.74, 6) is -1.11. The molecule has 0 aromatic carbocycles. The molecule has 0 spiro atoms. The van der Waals surface area contributed by atoms with Gasteiger partial charge in [0.15, 0.2) is 6.10 Å². The quantitative estimate of drug-likeness (QED) is 0.119. The summed E-state index contributed by atoms with van der Waals surface area (Å²) in [4.78, 5) is 10.5. The first-order valence-corrected chi connectivity index (χ1v) is 13.3. The molecular formula is C30H50O3. The van der Waals surface area contributed by atoms with E-state index in [4.69, 9.17) is 5.11 Å². The fourth-order valence-electron chi connectivity index (χ4n) is 3.44. The lowest BCUT2D eigenvalue weighted by atomic mass is 10.1. The van der Waals surface area contributed by atoms with Gasteiger partial charge < -0.3 is 10.2 Å². The van der Waals surface area contributed by atoms with Gasteiger partial charge in [-0.15, -0.1) is 0 Å². The summed E-state index contributed by atoms with van der Waals surface area (Å²) < 4.78 is 0. The van der Waals surface area contributed by atoms with Gasteiger partial charge in [-0.1, -0.05) is 119 Å². The number of hydrogen-bond donors (Lipinski definition) is 2. The van der Waals surface area contributed by atoms with E-state index in [1.54, 1.807) is 0 Å². The van der Waals surface area contributed by atoms with Gasteiger partial charge in [0, 0.05) is 0 Å². The number of carbonyl (C=O) groups is 1. The Labute approximate surface area is 204 Å². The minimum absolute atomic E-state index is 0.375. The van der Waals surface area contributed by atoms with Gasteiger partial charge in [0.2, 0.25) is 0 Å². The third-order valence-electron chi connectivity index (χ3n) is 5.53. The first-order chi connectivity index (χ1) is 16.2. The van der Waals surface area contributed by atoms with Crippen LogP contribution < -0.4 is 0 Å². The Morgan fingerprint density at radius 1 is 0.576 bits per heavy atom. The molecule has 3 heteroatoms. The molecule has 0 bridgehead atoms. The van der Waals surface area contributed by atoms with Crippen LogP contribution in [0, 0.1) is 0 Å². The summed E-state index contributed by atoms with van der Waals surface area (Å²) in [6, 6.07) is 0. The van der Waals surface area contributed by atoms with Crippen LogP contribution in [0.4, 0.5) is 0 Å². The summed E-state index contributed by atoms with van der Waals surface area (Å²) >= 11 is 0. The predicted molar refractivity (Wildman–Crippen MR) is 144 cm³/mol. The molecule has 0 saturated heterocycles. The Bertz CT molecular complexity index is 569. The molecule has 188 valence electrons. The summed E-state index contributed by atoms with van der Waals surface area (Å²) in [5.41, 5.74) is 0. The molecule has 1 unspecified atom stereocenters. The molecule has 0 rings (SSSR count). The zero-order valence-electron chi connectivity index (χ0n) is 21.2. The summed E-state index contributed by atoms with van der Waals surface area (Å²) in [6.45, 7) is 2.24. The number of carboxylic acid groups (broad SMARTS) is 1. The Kier molecular flexibility index (Phi) is 24.9. The van der Waals surface area contributed by atoms with Crippen LogP contribution >= 0.6 is 0 Å². The zero-order valence-corrected chi connectivity index (χ0v) is 21.2. The average molecular weight is 459 g/mol. The van der Waals surface area contributed by atoms with Crippen molar-refractivity contribution >= 4 is 5.97 Å². The largest absolute Gasteiger partial charge is 0.479 e. The van der Waals surface area contributed by atoms with Gasteiger partial charge in [-0.2, -0.15) is 0 Å². The molecule has 0 fully saturated rings. The minimum atomic E-state index is -1.19. The highest BCUT2D eigenvalue weighted by atomic mass is 16.4. The molecule has 1 atom stereocenters. The Hall–Kier alpha value is -1.87. The second kappa shape index (κ2) is 26.4. The molecule has 0 aromatic heterocycles. The van der Waals surface area contributed by atoms with E-state index in [0.717, 1.165) is 51.4 Å². The molecule has 0 saturated carbocycles. The lowest BCUT2D eigenvalue weighted by Crippen LogP contribution is -2.18. The molecular weight excluding hydrogens is 408 g/mol. The van der Waals surface area contributed by atoms with Crippen LogP contribution in [0.3, 0.4) is 0 Å². The smallest absolute Gasteiger partial charge is 0.332 e. The third-order valence-corrected chi connectivity index (χ3v) is 5.53. The molecule has 0 radical (unpaired) electrons. The van der Waals surface area contributed by atoms with Crippen LogP contribution in [0.15, 0.2) is 60.8 Å². The SMILES string of the molecule is CCCCC/C=C\C/C=C\C/C=C\C/C=C\C/C=C\CCCCCCCCCC(O)C(=O)O. The van der Waals surface area contributed by atoms with E-state index in [1.807, 2.05) is 0 Å². The van der Waals surface area contributed by atoms with E-state index in [-0.39, 0.29) is 0 Å². The summed E-state index contributed by atoms with van der Waals surface area (Å²) in [6.07, 6.45) is 40.0. The number of allylic oxidation sites excluding steroid dienone is 10. The fraction of sp³-hybridized carbons (Fsp3) is 0.633. The Morgan fingerprint density at radius 3 is 1.36 bits per heavy atom. The van der Waals surface area contributed by atoms with Gasteiger partial charge in [0.05, 0.1) is 0 Å². The number of aliphatic hydroxyl groups excluding tert-OH is 1. The highest BCUT2D eigenvalue weighted by molar-refractivity contribution is 5.71. The van der Waals surface area contributed by atoms with Crippen molar-refractivity contribution in [2.24, 2.45) is 0 Å². The second-order valence-electron chi connectivity index (χ2n) is 8.70. The number of hydrogen-bond acceptors (Lipinski definition) is 2. The van der Waals surface area contributed by atoms with E-state index < -0.39 is 12.1 Å². The van der Waals surface area contributed by atoms with Crippen molar-refractivity contribution < 1.29 is 15.0 Å². The molecule has 0 aliphatic carbocycles. The lowest BCUT2D eigenvalue weighted by Gasteiger charge is -2.04. The molecule has 33 heavy (non-hydrogen) atoms. The first-order valence-electron chi connectivity index (χ1n) is 13.3. The zero-order chi connectivity index (χ0) is 24.2. The van der Waals surface area contributed by atoms with Crippen molar-refractivity contribution in [2.75, 3.05) is 0 Å². The summed E-state index contributed by atoms with van der Waals surface area (Å²) in [7, 11) is 0. The monoisotopic (exact) mass is 458 g/mol. The van der Waals surface area contributed by atoms with Crippen LogP contribution in [0.1, 0.15) is 116 Å². The van der Waals surface area contributed by atoms with Crippen molar-refractivity contribution in [1.29, 1.82) is 0 Å². The molecule has 0 aromatic rings. The maximum absolute atomic E-state index is 10.5. The number of aliphatic hydroxyl groups is 1. The van der Waals surface area contributed by atoms with Crippen molar-refractivity contribution in [3.05, 3.63) is 60.8 Å². The molecule has 0 heterocycles. The maximum Gasteiger partial charge on any atom is 0.332 e. The van der Waals surface area contributed by atoms with E-state index in [9.17, 15) is 9.90 Å². The van der Waals surface area contributed by atoms with Gasteiger partial charge >= 0.3 is 5.97 Å². The number of aliphatic carboxylic acids is 1. The van der Waals surface area contributed by atoms with Crippen molar-refractivity contribution in [1.82, 2.24) is 0 Å². The minimum Gasteiger partial charge on any atom is -0.479 e. The summed E-state index contributed by atoms with van der Waals surface area (Å²) in [5, 5.41) is 17.8. The average Bonchev–Trinajstić information content (AvgIpc) is 2.81. The van der Waals surface area contributed by atoms with Crippen LogP contribution in [0.5, 0.6) is 0 Å². The van der Waals surface area contributed by atoms with Gasteiger partial charge in [-0.05, 0) is 57.8 Å².